The van der Waals surface area contributed by atoms with Crippen molar-refractivity contribution in [2.75, 3.05) is 33.2 Å². The smallest absolute Gasteiger partial charge is 0.281 e. The Morgan fingerprint density at radius 3 is 2.43 bits per heavy atom. The maximum Gasteiger partial charge on any atom is 0.281 e. The molecular weight excluding hydrogens is 334 g/mol. The quantitative estimate of drug-likeness (QED) is 0.840. The van der Waals surface area contributed by atoms with E-state index < -0.39 is 10.2 Å². The molecule has 1 aliphatic heterocycles. The minimum Gasteiger partial charge on any atom is -0.330 e. The predicted molar refractivity (Wildman–Crippen MR) is 94.8 cm³/mol. The summed E-state index contributed by atoms with van der Waals surface area (Å²) < 4.78 is 28.6. The highest BCUT2D eigenvalue weighted by Crippen LogP contribution is 2.35. The topological polar surface area (TPSA) is 66.6 Å². The van der Waals surface area contributed by atoms with Crippen LogP contribution in [-0.2, 0) is 10.2 Å². The van der Waals surface area contributed by atoms with Crippen LogP contribution in [0.5, 0.6) is 0 Å². The third-order valence-electron chi connectivity index (χ3n) is 4.87. The van der Waals surface area contributed by atoms with Crippen LogP contribution in [0.15, 0.2) is 30.3 Å². The molecule has 2 aliphatic rings. The number of halogens is 1. The fourth-order valence-electron chi connectivity index (χ4n) is 3.29. The largest absolute Gasteiger partial charge is 0.330 e. The molecule has 0 unspecified atom stereocenters. The molecule has 2 fully saturated rings. The molecule has 2 atom stereocenters. The molecule has 23 heavy (non-hydrogen) atoms. The van der Waals surface area contributed by atoms with E-state index in [1.807, 2.05) is 18.2 Å². The third-order valence-corrected chi connectivity index (χ3v) is 6.76. The van der Waals surface area contributed by atoms with Crippen molar-refractivity contribution < 1.29 is 8.42 Å². The molecule has 1 saturated heterocycles. The van der Waals surface area contributed by atoms with Gasteiger partial charge in [-0.25, -0.2) is 0 Å². The van der Waals surface area contributed by atoms with Crippen LogP contribution in [0.1, 0.15) is 24.3 Å². The zero-order valence-electron chi connectivity index (χ0n) is 13.5. The summed E-state index contributed by atoms with van der Waals surface area (Å²) in [6, 6.07) is 10.1. The monoisotopic (exact) mass is 359 g/mol. The van der Waals surface area contributed by atoms with Crippen molar-refractivity contribution in [1.29, 1.82) is 0 Å². The van der Waals surface area contributed by atoms with Gasteiger partial charge in [-0.15, -0.1) is 12.4 Å². The van der Waals surface area contributed by atoms with Crippen LogP contribution in [0.3, 0.4) is 0 Å². The van der Waals surface area contributed by atoms with Crippen molar-refractivity contribution in [3.63, 3.8) is 0 Å². The molecule has 0 spiro atoms. The van der Waals surface area contributed by atoms with Crippen LogP contribution in [-0.4, -0.2) is 50.3 Å². The SMILES string of the molecule is CN(CC1CC1)S(=O)(=O)N1C[C@@H](CN)[C@H](c2ccccc2)C1.Cl. The van der Waals surface area contributed by atoms with Crippen LogP contribution in [0.4, 0.5) is 0 Å². The molecule has 1 aromatic carbocycles. The van der Waals surface area contributed by atoms with Crippen LogP contribution in [0.2, 0.25) is 0 Å². The lowest BCUT2D eigenvalue weighted by Gasteiger charge is -2.24. The van der Waals surface area contributed by atoms with Gasteiger partial charge in [0.1, 0.15) is 0 Å². The van der Waals surface area contributed by atoms with Crippen molar-refractivity contribution in [2.45, 2.75) is 18.8 Å². The van der Waals surface area contributed by atoms with E-state index in [4.69, 9.17) is 5.73 Å². The van der Waals surface area contributed by atoms with Crippen LogP contribution >= 0.6 is 12.4 Å². The number of nitrogens with zero attached hydrogens (tertiary/aromatic N) is 2. The summed E-state index contributed by atoms with van der Waals surface area (Å²) in [5.74, 6) is 0.930. The Hall–Kier alpha value is -0.660. The average Bonchev–Trinajstić information content (AvgIpc) is 3.22. The maximum atomic E-state index is 12.7. The molecule has 0 bridgehead atoms. The van der Waals surface area contributed by atoms with Crippen molar-refractivity contribution in [2.24, 2.45) is 17.6 Å². The Morgan fingerprint density at radius 2 is 1.87 bits per heavy atom. The first kappa shape index (κ1) is 18.7. The zero-order chi connectivity index (χ0) is 15.7. The minimum absolute atomic E-state index is 0. The molecule has 5 nitrogen and oxygen atoms in total. The van der Waals surface area contributed by atoms with Crippen molar-refractivity contribution >= 4 is 22.6 Å². The number of nitrogens with two attached hydrogens (primary N) is 1. The van der Waals surface area contributed by atoms with E-state index in [0.29, 0.717) is 32.1 Å². The molecule has 7 heteroatoms. The van der Waals surface area contributed by atoms with Crippen molar-refractivity contribution in [3.05, 3.63) is 35.9 Å². The lowest BCUT2D eigenvalue weighted by atomic mass is 9.89. The summed E-state index contributed by atoms with van der Waals surface area (Å²) in [4.78, 5) is 0. The number of benzene rings is 1. The van der Waals surface area contributed by atoms with Crippen LogP contribution in [0, 0.1) is 11.8 Å². The van der Waals surface area contributed by atoms with Gasteiger partial charge in [-0.1, -0.05) is 30.3 Å². The number of hydrogen-bond acceptors (Lipinski definition) is 3. The first-order chi connectivity index (χ1) is 10.5. The zero-order valence-corrected chi connectivity index (χ0v) is 15.1. The predicted octanol–water partition coefficient (Wildman–Crippen LogP) is 1.67. The average molecular weight is 360 g/mol. The second-order valence-electron chi connectivity index (χ2n) is 6.56. The summed E-state index contributed by atoms with van der Waals surface area (Å²) in [5, 5.41) is 0. The second-order valence-corrected chi connectivity index (χ2v) is 8.60. The first-order valence-corrected chi connectivity index (χ1v) is 9.38. The summed E-state index contributed by atoms with van der Waals surface area (Å²) in [6.07, 6.45) is 2.30. The fourth-order valence-corrected chi connectivity index (χ4v) is 4.81. The second kappa shape index (κ2) is 7.49. The highest BCUT2D eigenvalue weighted by Gasteiger charge is 2.41. The van der Waals surface area contributed by atoms with Gasteiger partial charge >= 0.3 is 0 Å². The molecule has 1 heterocycles. The molecule has 0 aromatic heterocycles. The highest BCUT2D eigenvalue weighted by molar-refractivity contribution is 7.86. The molecule has 0 amide bonds. The standard InChI is InChI=1S/C16H25N3O2S.ClH/c1-18(10-13-7-8-13)22(20,21)19-11-15(9-17)16(12-19)14-5-3-2-4-6-14;/h2-6,13,15-16H,7-12,17H2,1H3;1H/t15-,16+;/m1./s1. The Kier molecular flexibility index (Phi) is 6.08. The van der Waals surface area contributed by atoms with Gasteiger partial charge < -0.3 is 5.73 Å². The van der Waals surface area contributed by atoms with E-state index in [0.717, 1.165) is 12.8 Å². The lowest BCUT2D eigenvalue weighted by molar-refractivity contribution is 0.380. The van der Waals surface area contributed by atoms with Gasteiger partial charge in [0, 0.05) is 32.6 Å². The van der Waals surface area contributed by atoms with Crippen LogP contribution in [0.25, 0.3) is 0 Å². The van der Waals surface area contributed by atoms with Crippen molar-refractivity contribution in [1.82, 2.24) is 8.61 Å². The normalized spacial score (nSPS) is 25.5. The Morgan fingerprint density at radius 1 is 1.22 bits per heavy atom. The third kappa shape index (κ3) is 4.06. The summed E-state index contributed by atoms with van der Waals surface area (Å²) in [7, 11) is -1.67. The summed E-state index contributed by atoms with van der Waals surface area (Å²) in [6.45, 7) is 2.21. The number of hydrogen-bond donors (Lipinski definition) is 1. The van der Waals surface area contributed by atoms with Gasteiger partial charge in [0.05, 0.1) is 0 Å². The van der Waals surface area contributed by atoms with E-state index in [2.05, 4.69) is 12.1 Å². The van der Waals surface area contributed by atoms with Gasteiger partial charge in [0.2, 0.25) is 0 Å². The highest BCUT2D eigenvalue weighted by atomic mass is 35.5. The maximum absolute atomic E-state index is 12.7. The lowest BCUT2D eigenvalue weighted by Crippen LogP contribution is -2.41. The summed E-state index contributed by atoms with van der Waals surface area (Å²) in [5.41, 5.74) is 7.08. The molecule has 3 rings (SSSR count). The van der Waals surface area contributed by atoms with Gasteiger partial charge in [-0.05, 0) is 36.8 Å². The van der Waals surface area contributed by atoms with Crippen molar-refractivity contribution in [3.8, 4) is 0 Å². The summed E-state index contributed by atoms with van der Waals surface area (Å²) >= 11 is 0. The Balaban J connectivity index is 0.00000192. The fraction of sp³-hybridized carbons (Fsp3) is 0.625. The Labute approximate surface area is 145 Å². The first-order valence-electron chi connectivity index (χ1n) is 7.98. The van der Waals surface area contributed by atoms with Gasteiger partial charge in [0.25, 0.3) is 10.2 Å². The molecular formula is C16H26ClN3O2S. The molecule has 1 aliphatic carbocycles. The van der Waals surface area contributed by atoms with E-state index in [9.17, 15) is 8.42 Å². The Bertz CT molecular complexity index is 607. The van der Waals surface area contributed by atoms with E-state index in [1.54, 1.807) is 11.4 Å². The van der Waals surface area contributed by atoms with Gasteiger partial charge in [-0.3, -0.25) is 0 Å². The molecule has 130 valence electrons. The van der Waals surface area contributed by atoms with E-state index in [-0.39, 0.29) is 24.2 Å². The molecule has 1 saturated carbocycles. The molecule has 0 radical (unpaired) electrons. The van der Waals surface area contributed by atoms with Crippen LogP contribution < -0.4 is 5.73 Å². The van der Waals surface area contributed by atoms with E-state index >= 15 is 0 Å². The number of rotatable bonds is 6. The van der Waals surface area contributed by atoms with Gasteiger partial charge in [0.15, 0.2) is 0 Å². The molecule has 1 aromatic rings. The van der Waals surface area contributed by atoms with Gasteiger partial charge in [-0.2, -0.15) is 17.0 Å². The van der Waals surface area contributed by atoms with E-state index in [1.165, 1.54) is 9.87 Å². The molecule has 2 N–H and O–H groups in total. The minimum atomic E-state index is -3.37.